The number of nitrogens with one attached hydrogen (secondary N) is 1. The maximum atomic E-state index is 5.77. The molecule has 1 saturated heterocycles. The van der Waals surface area contributed by atoms with Crippen LogP contribution in [0, 0.1) is 6.92 Å². The minimum atomic E-state index is 0.607. The second kappa shape index (κ2) is 9.08. The van der Waals surface area contributed by atoms with Crippen LogP contribution < -0.4 is 15.0 Å². The van der Waals surface area contributed by atoms with Gasteiger partial charge in [-0.1, -0.05) is 23.8 Å². The van der Waals surface area contributed by atoms with Crippen LogP contribution >= 0.6 is 0 Å². The average Bonchev–Trinajstić information content (AvgIpc) is 2.70. The minimum Gasteiger partial charge on any atom is -0.492 e. The molecule has 1 aromatic heterocycles. The Hall–Kier alpha value is -2.76. The summed E-state index contributed by atoms with van der Waals surface area (Å²) < 4.78 is 5.77. The first kappa shape index (κ1) is 18.0. The smallest absolute Gasteiger partial charge is 0.193 e. The predicted molar refractivity (Wildman–Crippen MR) is 106 cm³/mol. The number of rotatable bonds is 5. The average molecular weight is 353 g/mol. The Morgan fingerprint density at radius 3 is 2.54 bits per heavy atom. The summed E-state index contributed by atoms with van der Waals surface area (Å²) in [6.45, 7) is 7.14. The van der Waals surface area contributed by atoms with Crippen LogP contribution in [-0.4, -0.2) is 62.2 Å². The van der Waals surface area contributed by atoms with Gasteiger partial charge in [0.05, 0.1) is 6.54 Å². The zero-order valence-corrected chi connectivity index (χ0v) is 15.6. The van der Waals surface area contributed by atoms with Crippen LogP contribution in [0.1, 0.15) is 5.56 Å². The number of piperazine rings is 1. The van der Waals surface area contributed by atoms with Crippen molar-refractivity contribution in [3.8, 4) is 5.75 Å². The monoisotopic (exact) mass is 353 g/mol. The van der Waals surface area contributed by atoms with Crippen LogP contribution in [-0.2, 0) is 0 Å². The van der Waals surface area contributed by atoms with Crippen molar-refractivity contribution in [3.63, 3.8) is 0 Å². The first-order chi connectivity index (χ1) is 12.8. The van der Waals surface area contributed by atoms with E-state index in [0.29, 0.717) is 6.61 Å². The zero-order chi connectivity index (χ0) is 18.2. The molecule has 0 atom stereocenters. The van der Waals surface area contributed by atoms with Gasteiger partial charge in [-0.25, -0.2) is 4.98 Å². The molecule has 0 radical (unpaired) electrons. The highest BCUT2D eigenvalue weighted by atomic mass is 16.5. The summed E-state index contributed by atoms with van der Waals surface area (Å²) in [5, 5.41) is 3.39. The molecule has 0 spiro atoms. The Kier molecular flexibility index (Phi) is 6.30. The molecule has 2 heterocycles. The maximum Gasteiger partial charge on any atom is 0.193 e. The van der Waals surface area contributed by atoms with Crippen molar-refractivity contribution in [2.75, 3.05) is 51.3 Å². The van der Waals surface area contributed by atoms with Gasteiger partial charge in [0.15, 0.2) is 5.96 Å². The summed E-state index contributed by atoms with van der Waals surface area (Å²) in [7, 11) is 1.83. The predicted octanol–water partition coefficient (Wildman–Crippen LogP) is 2.17. The van der Waals surface area contributed by atoms with E-state index in [2.05, 4.69) is 50.2 Å². The van der Waals surface area contributed by atoms with E-state index >= 15 is 0 Å². The van der Waals surface area contributed by atoms with Gasteiger partial charge in [0.25, 0.3) is 0 Å². The Morgan fingerprint density at radius 2 is 1.88 bits per heavy atom. The molecular weight excluding hydrogens is 326 g/mol. The van der Waals surface area contributed by atoms with Crippen molar-refractivity contribution in [3.05, 3.63) is 54.2 Å². The third-order valence-electron chi connectivity index (χ3n) is 4.44. The molecular formula is C20H27N5O. The van der Waals surface area contributed by atoms with Gasteiger partial charge in [0, 0.05) is 39.4 Å². The van der Waals surface area contributed by atoms with E-state index in [1.54, 1.807) is 0 Å². The number of ether oxygens (including phenoxy) is 1. The van der Waals surface area contributed by atoms with Crippen molar-refractivity contribution >= 4 is 11.8 Å². The highest BCUT2D eigenvalue weighted by molar-refractivity contribution is 5.80. The van der Waals surface area contributed by atoms with Gasteiger partial charge < -0.3 is 19.9 Å². The number of guanidine groups is 1. The standard InChI is InChI=1S/C20H27N5O/c1-17-6-8-18(9-7-17)26-16-11-23-20(21-2)25-14-12-24(13-15-25)19-5-3-4-10-22-19/h3-10H,11-16H2,1-2H3,(H,21,23). The van der Waals surface area contributed by atoms with Crippen LogP contribution in [0.3, 0.4) is 0 Å². The van der Waals surface area contributed by atoms with Crippen molar-refractivity contribution in [2.24, 2.45) is 4.99 Å². The number of anilines is 1. The SMILES string of the molecule is CN=C(NCCOc1ccc(C)cc1)N1CCN(c2ccccn2)CC1. The van der Waals surface area contributed by atoms with E-state index in [9.17, 15) is 0 Å². The molecule has 0 bridgehead atoms. The second-order valence-corrected chi connectivity index (χ2v) is 6.30. The lowest BCUT2D eigenvalue weighted by molar-refractivity contribution is 0.315. The number of hydrogen-bond donors (Lipinski definition) is 1. The number of pyridine rings is 1. The molecule has 0 amide bonds. The highest BCUT2D eigenvalue weighted by Gasteiger charge is 2.20. The molecule has 1 N–H and O–H groups in total. The Balaban J connectivity index is 1.41. The number of aryl methyl sites for hydroxylation is 1. The summed E-state index contributed by atoms with van der Waals surface area (Å²) in [5.41, 5.74) is 1.24. The van der Waals surface area contributed by atoms with Crippen molar-refractivity contribution in [1.29, 1.82) is 0 Å². The number of hydrogen-bond acceptors (Lipinski definition) is 4. The first-order valence-electron chi connectivity index (χ1n) is 9.07. The molecule has 1 fully saturated rings. The highest BCUT2D eigenvalue weighted by Crippen LogP contribution is 2.13. The lowest BCUT2D eigenvalue weighted by Gasteiger charge is -2.37. The van der Waals surface area contributed by atoms with E-state index in [1.807, 2.05) is 37.5 Å². The van der Waals surface area contributed by atoms with E-state index in [-0.39, 0.29) is 0 Å². The van der Waals surface area contributed by atoms with E-state index in [4.69, 9.17) is 4.74 Å². The van der Waals surface area contributed by atoms with Gasteiger partial charge in [-0.2, -0.15) is 0 Å². The number of benzene rings is 1. The second-order valence-electron chi connectivity index (χ2n) is 6.30. The molecule has 1 aliphatic rings. The molecule has 1 aliphatic heterocycles. The molecule has 0 aliphatic carbocycles. The van der Waals surface area contributed by atoms with Gasteiger partial charge in [-0.3, -0.25) is 4.99 Å². The lowest BCUT2D eigenvalue weighted by Crippen LogP contribution is -2.53. The summed E-state index contributed by atoms with van der Waals surface area (Å²) >= 11 is 0. The Bertz CT molecular complexity index is 694. The first-order valence-corrected chi connectivity index (χ1v) is 9.07. The van der Waals surface area contributed by atoms with Crippen LogP contribution in [0.25, 0.3) is 0 Å². The van der Waals surface area contributed by atoms with Gasteiger partial charge in [-0.05, 0) is 31.2 Å². The largest absolute Gasteiger partial charge is 0.492 e. The molecule has 0 unspecified atom stereocenters. The Labute approximate surface area is 155 Å². The number of aliphatic imine (C=N–C) groups is 1. The van der Waals surface area contributed by atoms with Crippen LogP contribution in [0.4, 0.5) is 5.82 Å². The quantitative estimate of drug-likeness (QED) is 0.507. The summed E-state index contributed by atoms with van der Waals surface area (Å²) in [6.07, 6.45) is 1.84. The summed E-state index contributed by atoms with van der Waals surface area (Å²) in [6, 6.07) is 14.2. The zero-order valence-electron chi connectivity index (χ0n) is 15.6. The molecule has 0 saturated carbocycles. The van der Waals surface area contributed by atoms with Gasteiger partial charge in [-0.15, -0.1) is 0 Å². The molecule has 6 heteroatoms. The maximum absolute atomic E-state index is 5.77. The molecule has 3 rings (SSSR count). The lowest BCUT2D eigenvalue weighted by atomic mass is 10.2. The minimum absolute atomic E-state index is 0.607. The number of aromatic nitrogens is 1. The van der Waals surface area contributed by atoms with E-state index in [0.717, 1.165) is 50.3 Å². The molecule has 1 aromatic carbocycles. The normalized spacial score (nSPS) is 15.1. The molecule has 6 nitrogen and oxygen atoms in total. The van der Waals surface area contributed by atoms with E-state index < -0.39 is 0 Å². The van der Waals surface area contributed by atoms with Gasteiger partial charge in [0.1, 0.15) is 18.2 Å². The summed E-state index contributed by atoms with van der Waals surface area (Å²) in [5.74, 6) is 2.87. The third-order valence-corrected chi connectivity index (χ3v) is 4.44. The fourth-order valence-electron chi connectivity index (χ4n) is 2.99. The fourth-order valence-corrected chi connectivity index (χ4v) is 2.99. The van der Waals surface area contributed by atoms with Gasteiger partial charge in [0.2, 0.25) is 0 Å². The molecule has 26 heavy (non-hydrogen) atoms. The number of nitrogens with zero attached hydrogens (tertiary/aromatic N) is 4. The van der Waals surface area contributed by atoms with E-state index in [1.165, 1.54) is 5.56 Å². The fraction of sp³-hybridized carbons (Fsp3) is 0.400. The molecule has 2 aromatic rings. The Morgan fingerprint density at radius 1 is 1.12 bits per heavy atom. The van der Waals surface area contributed by atoms with Crippen molar-refractivity contribution in [1.82, 2.24) is 15.2 Å². The van der Waals surface area contributed by atoms with Crippen LogP contribution in [0.15, 0.2) is 53.7 Å². The summed E-state index contributed by atoms with van der Waals surface area (Å²) in [4.78, 5) is 13.4. The van der Waals surface area contributed by atoms with Crippen LogP contribution in [0.2, 0.25) is 0 Å². The van der Waals surface area contributed by atoms with Crippen molar-refractivity contribution in [2.45, 2.75) is 6.92 Å². The molecule has 138 valence electrons. The topological polar surface area (TPSA) is 53.0 Å². The van der Waals surface area contributed by atoms with Gasteiger partial charge >= 0.3 is 0 Å². The van der Waals surface area contributed by atoms with Crippen LogP contribution in [0.5, 0.6) is 5.75 Å². The van der Waals surface area contributed by atoms with Crippen molar-refractivity contribution < 1.29 is 4.74 Å². The third kappa shape index (κ3) is 4.88.